The van der Waals surface area contributed by atoms with Crippen LogP contribution in [0, 0.1) is 0 Å². The Hall–Kier alpha value is -2.09. The highest BCUT2D eigenvalue weighted by molar-refractivity contribution is 7.09. The van der Waals surface area contributed by atoms with Gasteiger partial charge in [0, 0.05) is 49.9 Å². The predicted molar refractivity (Wildman–Crippen MR) is 96.1 cm³/mol. The number of nitrogens with zero attached hydrogens (tertiary/aromatic N) is 5. The van der Waals surface area contributed by atoms with Gasteiger partial charge in [0.25, 0.3) is 0 Å². The Balaban J connectivity index is 1.44. The van der Waals surface area contributed by atoms with Crippen molar-refractivity contribution in [2.24, 2.45) is 7.05 Å². The summed E-state index contributed by atoms with van der Waals surface area (Å²) in [4.78, 5) is 7.85. The van der Waals surface area contributed by atoms with Crippen LogP contribution in [0.4, 0.5) is 0 Å². The van der Waals surface area contributed by atoms with Crippen molar-refractivity contribution < 1.29 is 4.74 Å². The van der Waals surface area contributed by atoms with Crippen molar-refractivity contribution in [3.05, 3.63) is 63.9 Å². The average molecular weight is 355 g/mol. The average Bonchev–Trinajstić information content (AvgIpc) is 3.26. The Kier molecular flexibility index (Phi) is 4.87. The van der Waals surface area contributed by atoms with Gasteiger partial charge in [-0.15, -0.1) is 16.4 Å². The van der Waals surface area contributed by atoms with Crippen LogP contribution in [-0.2, 0) is 31.5 Å². The molecule has 0 fully saturated rings. The summed E-state index contributed by atoms with van der Waals surface area (Å²) < 4.78 is 7.90. The molecule has 3 aromatic rings. The summed E-state index contributed by atoms with van der Waals surface area (Å²) >= 11 is 1.80. The zero-order chi connectivity index (χ0) is 17.1. The number of pyridine rings is 1. The van der Waals surface area contributed by atoms with E-state index >= 15 is 0 Å². The summed E-state index contributed by atoms with van der Waals surface area (Å²) in [6.07, 6.45) is 3.59. The van der Waals surface area contributed by atoms with Crippen LogP contribution in [-0.4, -0.2) is 38.0 Å². The van der Waals surface area contributed by atoms with E-state index in [1.54, 1.807) is 23.7 Å². The smallest absolute Gasteiger partial charge is 0.100 e. The van der Waals surface area contributed by atoms with E-state index < -0.39 is 0 Å². The van der Waals surface area contributed by atoms with Crippen LogP contribution in [0.3, 0.4) is 0 Å². The van der Waals surface area contributed by atoms with Gasteiger partial charge in [0.2, 0.25) is 0 Å². The van der Waals surface area contributed by atoms with Gasteiger partial charge in [0.1, 0.15) is 5.69 Å². The Morgan fingerprint density at radius 2 is 2.16 bits per heavy atom. The van der Waals surface area contributed by atoms with Crippen molar-refractivity contribution in [3.8, 4) is 0 Å². The second-order valence-electron chi connectivity index (χ2n) is 6.36. The molecule has 1 aliphatic heterocycles. The van der Waals surface area contributed by atoms with Gasteiger partial charge in [0.15, 0.2) is 0 Å². The summed E-state index contributed by atoms with van der Waals surface area (Å²) in [6.45, 7) is 4.03. The fourth-order valence-corrected chi connectivity index (χ4v) is 4.11. The first kappa shape index (κ1) is 16.4. The normalized spacial score (nSPS) is 17.6. The van der Waals surface area contributed by atoms with E-state index in [1.165, 1.54) is 10.6 Å². The topological polar surface area (TPSA) is 56.1 Å². The van der Waals surface area contributed by atoms with E-state index in [2.05, 4.69) is 37.7 Å². The minimum Gasteiger partial charge on any atom is -0.376 e. The van der Waals surface area contributed by atoms with Crippen molar-refractivity contribution in [2.45, 2.75) is 25.6 Å². The molecule has 0 unspecified atom stereocenters. The molecule has 0 saturated heterocycles. The number of hydrogen-bond acceptors (Lipinski definition) is 6. The molecule has 0 aromatic carbocycles. The van der Waals surface area contributed by atoms with Crippen molar-refractivity contribution >= 4 is 11.3 Å². The minimum absolute atomic E-state index is 0.283. The Bertz CT molecular complexity index is 802. The van der Waals surface area contributed by atoms with Crippen molar-refractivity contribution in [3.63, 3.8) is 0 Å². The Morgan fingerprint density at radius 3 is 2.96 bits per heavy atom. The molecule has 7 heteroatoms. The molecule has 25 heavy (non-hydrogen) atoms. The van der Waals surface area contributed by atoms with Crippen LogP contribution in [0.1, 0.15) is 27.7 Å². The lowest BCUT2D eigenvalue weighted by Gasteiger charge is -2.31. The molecule has 3 aromatic heterocycles. The fourth-order valence-electron chi connectivity index (χ4n) is 3.37. The third kappa shape index (κ3) is 3.78. The lowest BCUT2D eigenvalue weighted by molar-refractivity contribution is 0.0831. The Morgan fingerprint density at radius 1 is 1.28 bits per heavy atom. The van der Waals surface area contributed by atoms with Gasteiger partial charge >= 0.3 is 0 Å². The fraction of sp³-hybridized carbons (Fsp3) is 0.389. The third-order valence-electron chi connectivity index (χ3n) is 4.48. The largest absolute Gasteiger partial charge is 0.376 e. The van der Waals surface area contributed by atoms with Crippen LogP contribution in [0.25, 0.3) is 0 Å². The first-order valence-corrected chi connectivity index (χ1v) is 9.27. The zero-order valence-corrected chi connectivity index (χ0v) is 15.0. The number of rotatable bonds is 6. The van der Waals surface area contributed by atoms with Crippen LogP contribution in [0.5, 0.6) is 0 Å². The van der Waals surface area contributed by atoms with E-state index in [-0.39, 0.29) is 5.92 Å². The molecular weight excluding hydrogens is 334 g/mol. The van der Waals surface area contributed by atoms with Gasteiger partial charge < -0.3 is 4.74 Å². The molecule has 0 saturated carbocycles. The summed E-state index contributed by atoms with van der Waals surface area (Å²) in [5.74, 6) is 0.283. The van der Waals surface area contributed by atoms with E-state index in [4.69, 9.17) is 4.74 Å². The molecule has 6 nitrogen and oxygen atoms in total. The van der Waals surface area contributed by atoms with Crippen LogP contribution in [0.15, 0.2) is 42.0 Å². The van der Waals surface area contributed by atoms with E-state index in [0.717, 1.165) is 30.9 Å². The molecule has 0 N–H and O–H groups in total. The maximum absolute atomic E-state index is 6.00. The number of thiophene rings is 1. The van der Waals surface area contributed by atoms with Gasteiger partial charge in [-0.05, 0) is 29.1 Å². The van der Waals surface area contributed by atoms with Crippen LogP contribution in [0.2, 0.25) is 0 Å². The molecule has 1 atom stereocenters. The van der Waals surface area contributed by atoms with Crippen LogP contribution < -0.4 is 0 Å². The lowest BCUT2D eigenvalue weighted by Crippen LogP contribution is -2.35. The third-order valence-corrected chi connectivity index (χ3v) is 5.34. The highest BCUT2D eigenvalue weighted by Gasteiger charge is 2.30. The maximum Gasteiger partial charge on any atom is 0.100 e. The SMILES string of the molecule is Cn1nnc2c1[C@H](COCc1ccncc1)CN(Cc1cccs1)C2. The highest BCUT2D eigenvalue weighted by atomic mass is 32.1. The molecule has 4 heterocycles. The lowest BCUT2D eigenvalue weighted by atomic mass is 9.99. The first-order chi connectivity index (χ1) is 12.3. The highest BCUT2D eigenvalue weighted by Crippen LogP contribution is 2.28. The van der Waals surface area contributed by atoms with Gasteiger partial charge in [-0.3, -0.25) is 14.6 Å². The van der Waals surface area contributed by atoms with Gasteiger partial charge in [0.05, 0.1) is 18.9 Å². The van der Waals surface area contributed by atoms with Gasteiger partial charge in [-0.25, -0.2) is 0 Å². The van der Waals surface area contributed by atoms with E-state index in [9.17, 15) is 0 Å². The molecule has 4 rings (SSSR count). The second kappa shape index (κ2) is 7.43. The zero-order valence-electron chi connectivity index (χ0n) is 14.2. The summed E-state index contributed by atoms with van der Waals surface area (Å²) in [5, 5.41) is 10.7. The summed E-state index contributed by atoms with van der Waals surface area (Å²) in [5.41, 5.74) is 3.42. The second-order valence-corrected chi connectivity index (χ2v) is 7.39. The number of ether oxygens (including phenoxy) is 1. The Labute approximate surface area is 151 Å². The molecule has 0 radical (unpaired) electrons. The maximum atomic E-state index is 6.00. The molecule has 0 amide bonds. The minimum atomic E-state index is 0.283. The molecule has 0 spiro atoms. The molecule has 0 bridgehead atoms. The first-order valence-electron chi connectivity index (χ1n) is 8.39. The molecule has 1 aliphatic rings. The monoisotopic (exact) mass is 355 g/mol. The van der Waals surface area contributed by atoms with E-state index in [1.807, 2.05) is 23.9 Å². The van der Waals surface area contributed by atoms with E-state index in [0.29, 0.717) is 13.2 Å². The molecule has 0 aliphatic carbocycles. The number of hydrogen-bond donors (Lipinski definition) is 0. The van der Waals surface area contributed by atoms with Crippen LogP contribution >= 0.6 is 11.3 Å². The predicted octanol–water partition coefficient (Wildman–Crippen LogP) is 2.59. The summed E-state index contributed by atoms with van der Waals surface area (Å²) in [7, 11) is 1.97. The molecule has 130 valence electrons. The quantitative estimate of drug-likeness (QED) is 0.680. The number of aryl methyl sites for hydroxylation is 1. The van der Waals surface area contributed by atoms with Crippen molar-refractivity contribution in [2.75, 3.05) is 13.2 Å². The van der Waals surface area contributed by atoms with Crippen molar-refractivity contribution in [1.82, 2.24) is 24.9 Å². The number of aromatic nitrogens is 4. The number of fused-ring (bicyclic) bond motifs is 1. The molecular formula is C18H21N5OS. The summed E-state index contributed by atoms with van der Waals surface area (Å²) in [6, 6.07) is 8.26. The van der Waals surface area contributed by atoms with Crippen molar-refractivity contribution in [1.29, 1.82) is 0 Å². The van der Waals surface area contributed by atoms with Gasteiger partial charge in [-0.2, -0.15) is 0 Å². The van der Waals surface area contributed by atoms with Gasteiger partial charge in [-0.1, -0.05) is 11.3 Å². The standard InChI is InChI=1S/C18H21N5OS/c1-22-18-15(13-24-12-14-4-6-19-7-5-14)9-23(11-17(18)20-21-22)10-16-3-2-8-25-16/h2-8,15H,9-13H2,1H3/t15-/m0/s1.